The van der Waals surface area contributed by atoms with Crippen molar-refractivity contribution in [2.75, 3.05) is 36.4 Å². The summed E-state index contributed by atoms with van der Waals surface area (Å²) in [5.74, 6) is -0.0670. The van der Waals surface area contributed by atoms with Gasteiger partial charge >= 0.3 is 0 Å². The highest BCUT2D eigenvalue weighted by molar-refractivity contribution is 6.04. The molecule has 0 unspecified atom stereocenters. The highest BCUT2D eigenvalue weighted by atomic mass is 16.1. The minimum absolute atomic E-state index is 0.0670. The van der Waals surface area contributed by atoms with Crippen molar-refractivity contribution < 1.29 is 4.79 Å². The third-order valence-electron chi connectivity index (χ3n) is 5.85. The van der Waals surface area contributed by atoms with Crippen LogP contribution in [0.2, 0.25) is 0 Å². The lowest BCUT2D eigenvalue weighted by Gasteiger charge is -2.36. The molecule has 0 bridgehead atoms. The Labute approximate surface area is 179 Å². The number of nitrogens with zero attached hydrogens (tertiary/aromatic N) is 2. The number of carbonyl (C=O) groups excluding carboxylic acids is 1. The predicted octanol–water partition coefficient (Wildman–Crippen LogP) is 4.88. The Bertz CT molecular complexity index is 1010. The van der Waals surface area contributed by atoms with E-state index in [4.69, 9.17) is 0 Å². The second kappa shape index (κ2) is 9.14. The molecule has 0 saturated carbocycles. The summed E-state index contributed by atoms with van der Waals surface area (Å²) in [4.78, 5) is 17.5. The normalized spacial score (nSPS) is 14.5. The van der Waals surface area contributed by atoms with Crippen LogP contribution in [0.4, 0.5) is 11.4 Å². The smallest absolute Gasteiger partial charge is 0.255 e. The minimum Gasteiger partial charge on any atom is -0.369 e. The first-order valence-electron chi connectivity index (χ1n) is 10.6. The highest BCUT2D eigenvalue weighted by Crippen LogP contribution is 2.21. The Hall–Kier alpha value is -3.11. The molecule has 0 aliphatic carbocycles. The van der Waals surface area contributed by atoms with Crippen LogP contribution in [0.1, 0.15) is 27.0 Å². The zero-order chi connectivity index (χ0) is 20.9. The van der Waals surface area contributed by atoms with Crippen LogP contribution in [0.5, 0.6) is 0 Å². The van der Waals surface area contributed by atoms with Crippen LogP contribution in [0, 0.1) is 13.8 Å². The first kappa shape index (κ1) is 20.2. The van der Waals surface area contributed by atoms with Gasteiger partial charge < -0.3 is 10.2 Å². The molecule has 0 radical (unpaired) electrons. The van der Waals surface area contributed by atoms with Crippen molar-refractivity contribution in [2.24, 2.45) is 0 Å². The van der Waals surface area contributed by atoms with Gasteiger partial charge in [0.25, 0.3) is 5.91 Å². The Morgan fingerprint density at radius 2 is 1.60 bits per heavy atom. The molecule has 1 saturated heterocycles. The molecule has 1 N–H and O–H groups in total. The van der Waals surface area contributed by atoms with E-state index < -0.39 is 0 Å². The number of nitrogens with one attached hydrogen (secondary N) is 1. The average Bonchev–Trinajstić information content (AvgIpc) is 2.77. The minimum atomic E-state index is -0.0670. The maximum atomic E-state index is 12.6. The summed E-state index contributed by atoms with van der Waals surface area (Å²) in [6, 6.07) is 24.3. The molecule has 0 atom stereocenters. The van der Waals surface area contributed by atoms with Gasteiger partial charge in [-0.05, 0) is 66.9 Å². The fraction of sp³-hybridized carbons (Fsp3) is 0.269. The van der Waals surface area contributed by atoms with Gasteiger partial charge in [-0.25, -0.2) is 0 Å². The van der Waals surface area contributed by atoms with Crippen LogP contribution in [0.15, 0.2) is 72.8 Å². The summed E-state index contributed by atoms with van der Waals surface area (Å²) in [5, 5.41) is 2.96. The average molecular weight is 400 g/mol. The summed E-state index contributed by atoms with van der Waals surface area (Å²) in [7, 11) is 0. The van der Waals surface area contributed by atoms with E-state index in [1.165, 1.54) is 22.4 Å². The first-order chi connectivity index (χ1) is 14.6. The molecule has 3 aromatic rings. The molecule has 0 aromatic heterocycles. The number of anilines is 2. The molecule has 0 spiro atoms. The molecule has 1 amide bonds. The topological polar surface area (TPSA) is 35.6 Å². The second-order valence-electron chi connectivity index (χ2n) is 8.05. The van der Waals surface area contributed by atoms with E-state index in [9.17, 15) is 4.79 Å². The van der Waals surface area contributed by atoms with E-state index in [-0.39, 0.29) is 5.91 Å². The van der Waals surface area contributed by atoms with E-state index in [2.05, 4.69) is 53.2 Å². The fourth-order valence-corrected chi connectivity index (χ4v) is 3.88. The van der Waals surface area contributed by atoms with Crippen LogP contribution in [-0.2, 0) is 6.54 Å². The van der Waals surface area contributed by atoms with Gasteiger partial charge in [0.1, 0.15) is 0 Å². The molecule has 1 aliphatic rings. The van der Waals surface area contributed by atoms with Crippen LogP contribution in [-0.4, -0.2) is 37.0 Å². The Morgan fingerprint density at radius 3 is 2.33 bits per heavy atom. The van der Waals surface area contributed by atoms with Gasteiger partial charge in [-0.15, -0.1) is 0 Å². The first-order valence-corrected chi connectivity index (χ1v) is 10.6. The number of piperazine rings is 1. The van der Waals surface area contributed by atoms with E-state index >= 15 is 0 Å². The Morgan fingerprint density at radius 1 is 0.833 bits per heavy atom. The standard InChI is InChI=1S/C26H29N3O/c1-20-11-12-25(17-21(20)2)29-15-13-28(14-16-29)19-22-7-6-8-23(18-22)26(30)27-24-9-4-3-5-10-24/h3-12,17-18H,13-16,19H2,1-2H3,(H,27,30). The molecule has 4 heteroatoms. The maximum absolute atomic E-state index is 12.6. The molecule has 4 nitrogen and oxygen atoms in total. The number of amides is 1. The van der Waals surface area contributed by atoms with Gasteiger partial charge in [-0.1, -0.05) is 36.4 Å². The van der Waals surface area contributed by atoms with Crippen molar-refractivity contribution in [3.63, 3.8) is 0 Å². The van der Waals surface area contributed by atoms with Crippen LogP contribution in [0.25, 0.3) is 0 Å². The lowest BCUT2D eigenvalue weighted by atomic mass is 10.1. The van der Waals surface area contributed by atoms with Crippen molar-refractivity contribution in [2.45, 2.75) is 20.4 Å². The molecule has 1 heterocycles. The third-order valence-corrected chi connectivity index (χ3v) is 5.85. The summed E-state index contributed by atoms with van der Waals surface area (Å²) in [5.41, 5.74) is 6.70. The van der Waals surface area contributed by atoms with Crippen molar-refractivity contribution >= 4 is 17.3 Å². The molecule has 3 aromatic carbocycles. The quantitative estimate of drug-likeness (QED) is 0.664. The highest BCUT2D eigenvalue weighted by Gasteiger charge is 2.18. The van der Waals surface area contributed by atoms with Crippen LogP contribution < -0.4 is 10.2 Å². The van der Waals surface area contributed by atoms with E-state index in [1.54, 1.807) is 0 Å². The van der Waals surface area contributed by atoms with Crippen molar-refractivity contribution in [1.29, 1.82) is 0 Å². The van der Waals surface area contributed by atoms with Gasteiger partial charge in [0.15, 0.2) is 0 Å². The van der Waals surface area contributed by atoms with Crippen molar-refractivity contribution in [3.8, 4) is 0 Å². The molecule has 4 rings (SSSR count). The molecule has 1 aliphatic heterocycles. The monoisotopic (exact) mass is 399 g/mol. The Balaban J connectivity index is 1.34. The van der Waals surface area contributed by atoms with Gasteiger partial charge in [-0.3, -0.25) is 9.69 Å². The number of aryl methyl sites for hydroxylation is 2. The number of hydrogen-bond donors (Lipinski definition) is 1. The molecular formula is C26H29N3O. The number of rotatable bonds is 5. The SMILES string of the molecule is Cc1ccc(N2CCN(Cc3cccc(C(=O)Nc4ccccc4)c3)CC2)cc1C. The second-order valence-corrected chi connectivity index (χ2v) is 8.05. The molecule has 1 fully saturated rings. The number of benzene rings is 3. The molecular weight excluding hydrogens is 370 g/mol. The summed E-state index contributed by atoms with van der Waals surface area (Å²) in [6.45, 7) is 9.29. The van der Waals surface area contributed by atoms with E-state index in [1.807, 2.05) is 48.5 Å². The van der Waals surface area contributed by atoms with Crippen LogP contribution in [0.3, 0.4) is 0 Å². The summed E-state index contributed by atoms with van der Waals surface area (Å²) < 4.78 is 0. The van der Waals surface area contributed by atoms with Gasteiger partial charge in [0.05, 0.1) is 0 Å². The van der Waals surface area contributed by atoms with Gasteiger partial charge in [-0.2, -0.15) is 0 Å². The van der Waals surface area contributed by atoms with Crippen molar-refractivity contribution in [1.82, 2.24) is 4.90 Å². The Kier molecular flexibility index (Phi) is 6.15. The zero-order valence-corrected chi connectivity index (χ0v) is 17.8. The summed E-state index contributed by atoms with van der Waals surface area (Å²) >= 11 is 0. The summed E-state index contributed by atoms with van der Waals surface area (Å²) in [6.07, 6.45) is 0. The number of hydrogen-bond acceptors (Lipinski definition) is 3. The fourth-order valence-electron chi connectivity index (χ4n) is 3.88. The predicted molar refractivity (Wildman–Crippen MR) is 124 cm³/mol. The zero-order valence-electron chi connectivity index (χ0n) is 17.8. The third kappa shape index (κ3) is 4.89. The van der Waals surface area contributed by atoms with Crippen LogP contribution >= 0.6 is 0 Å². The maximum Gasteiger partial charge on any atom is 0.255 e. The van der Waals surface area contributed by atoms with Crippen molar-refractivity contribution in [3.05, 3.63) is 95.1 Å². The van der Waals surface area contributed by atoms with Gasteiger partial charge in [0.2, 0.25) is 0 Å². The van der Waals surface area contributed by atoms with E-state index in [0.717, 1.165) is 38.4 Å². The number of carbonyl (C=O) groups is 1. The lowest BCUT2D eigenvalue weighted by Crippen LogP contribution is -2.46. The van der Waals surface area contributed by atoms with E-state index in [0.29, 0.717) is 5.56 Å². The molecule has 30 heavy (non-hydrogen) atoms. The largest absolute Gasteiger partial charge is 0.369 e. The van der Waals surface area contributed by atoms with Gasteiger partial charge in [0, 0.05) is 49.7 Å². The lowest BCUT2D eigenvalue weighted by molar-refractivity contribution is 0.102. The number of para-hydroxylation sites is 1. The molecule has 154 valence electrons.